The van der Waals surface area contributed by atoms with E-state index in [1.54, 1.807) is 6.07 Å². The molecule has 0 amide bonds. The Kier molecular flexibility index (Phi) is 3.57. The number of aliphatic carboxylic acids is 1. The van der Waals surface area contributed by atoms with Crippen LogP contribution in [0.15, 0.2) is 24.4 Å². The Hall–Kier alpha value is -1.95. The summed E-state index contributed by atoms with van der Waals surface area (Å²) in [6.07, 6.45) is 1.33. The van der Waals surface area contributed by atoms with Crippen LogP contribution in [0.1, 0.15) is 11.3 Å². The molecule has 0 bridgehead atoms. The lowest BCUT2D eigenvalue weighted by Crippen LogP contribution is -2.01. The van der Waals surface area contributed by atoms with Crippen LogP contribution in [0.2, 0.25) is 5.02 Å². The minimum atomic E-state index is -0.973. The molecule has 0 saturated heterocycles. The molecule has 0 aliphatic heterocycles. The lowest BCUT2D eigenvalue weighted by molar-refractivity contribution is -0.136. The van der Waals surface area contributed by atoms with Crippen LogP contribution >= 0.6 is 11.6 Å². The maximum absolute atomic E-state index is 13.2. The van der Waals surface area contributed by atoms with Crippen molar-refractivity contribution >= 4 is 17.6 Å². The normalized spacial score (nSPS) is 10.6. The number of benzene rings is 1. The second-order valence-electron chi connectivity index (χ2n) is 3.73. The van der Waals surface area contributed by atoms with Gasteiger partial charge in [-0.3, -0.25) is 4.79 Å². The summed E-state index contributed by atoms with van der Waals surface area (Å²) in [4.78, 5) is 10.5. The van der Waals surface area contributed by atoms with E-state index in [2.05, 4.69) is 10.3 Å². The second-order valence-corrected chi connectivity index (χ2v) is 4.13. The highest BCUT2D eigenvalue weighted by atomic mass is 35.5. The largest absolute Gasteiger partial charge is 0.481 e. The van der Waals surface area contributed by atoms with Gasteiger partial charge in [0.05, 0.1) is 23.7 Å². The van der Waals surface area contributed by atoms with Gasteiger partial charge in [-0.2, -0.15) is 0 Å². The predicted molar refractivity (Wildman–Crippen MR) is 61.9 cm³/mol. The molecule has 18 heavy (non-hydrogen) atoms. The number of nitrogens with zero attached hydrogens (tertiary/aromatic N) is 3. The van der Waals surface area contributed by atoms with E-state index in [-0.39, 0.29) is 11.4 Å². The van der Waals surface area contributed by atoms with Crippen LogP contribution in [0.5, 0.6) is 0 Å². The average Bonchev–Trinajstić information content (AvgIpc) is 2.70. The minimum Gasteiger partial charge on any atom is -0.481 e. The molecule has 1 N–H and O–H groups in total. The van der Waals surface area contributed by atoms with Gasteiger partial charge in [-0.1, -0.05) is 22.9 Å². The van der Waals surface area contributed by atoms with Crippen molar-refractivity contribution in [3.63, 3.8) is 0 Å². The predicted octanol–water partition coefficient (Wildman–Crippen LogP) is 1.75. The molecule has 0 fully saturated rings. The Balaban J connectivity index is 2.11. The summed E-state index contributed by atoms with van der Waals surface area (Å²) < 4.78 is 14.6. The van der Waals surface area contributed by atoms with Crippen LogP contribution in [-0.4, -0.2) is 26.1 Å². The van der Waals surface area contributed by atoms with E-state index >= 15 is 0 Å². The minimum absolute atomic E-state index is 0.0592. The van der Waals surface area contributed by atoms with Gasteiger partial charge in [0.15, 0.2) is 0 Å². The van der Waals surface area contributed by atoms with Gasteiger partial charge in [0.2, 0.25) is 0 Å². The van der Waals surface area contributed by atoms with Gasteiger partial charge in [-0.25, -0.2) is 9.07 Å². The number of carboxylic acid groups (broad SMARTS) is 1. The molecule has 0 saturated carbocycles. The topological polar surface area (TPSA) is 68.0 Å². The van der Waals surface area contributed by atoms with Gasteiger partial charge in [0.25, 0.3) is 0 Å². The molecule has 0 unspecified atom stereocenters. The van der Waals surface area contributed by atoms with Gasteiger partial charge < -0.3 is 5.11 Å². The number of carbonyl (C=O) groups is 1. The SMILES string of the molecule is O=C(O)Cc1cn(Cc2ccc(Cl)c(F)c2)nn1. The van der Waals surface area contributed by atoms with Crippen LogP contribution in [0.25, 0.3) is 0 Å². The summed E-state index contributed by atoms with van der Waals surface area (Å²) in [5.41, 5.74) is 1.03. The van der Waals surface area contributed by atoms with Crippen LogP contribution in [0, 0.1) is 5.82 Å². The van der Waals surface area contributed by atoms with Crippen LogP contribution in [-0.2, 0) is 17.8 Å². The zero-order valence-electron chi connectivity index (χ0n) is 9.18. The summed E-state index contributed by atoms with van der Waals surface area (Å²) in [7, 11) is 0. The third-order valence-corrected chi connectivity index (χ3v) is 2.55. The van der Waals surface area contributed by atoms with Crippen molar-refractivity contribution in [1.82, 2.24) is 15.0 Å². The summed E-state index contributed by atoms with van der Waals surface area (Å²) >= 11 is 5.57. The van der Waals surface area contributed by atoms with Crippen LogP contribution in [0.3, 0.4) is 0 Å². The summed E-state index contributed by atoms with van der Waals surface area (Å²) in [5.74, 6) is -1.47. The van der Waals surface area contributed by atoms with E-state index in [0.717, 1.165) is 0 Å². The first-order valence-corrected chi connectivity index (χ1v) is 5.47. The van der Waals surface area contributed by atoms with Crippen molar-refractivity contribution in [2.45, 2.75) is 13.0 Å². The fraction of sp³-hybridized carbons (Fsp3) is 0.182. The quantitative estimate of drug-likeness (QED) is 0.918. The monoisotopic (exact) mass is 269 g/mol. The number of halogens is 2. The van der Waals surface area contributed by atoms with Gasteiger partial charge in [-0.05, 0) is 17.7 Å². The van der Waals surface area contributed by atoms with Crippen molar-refractivity contribution in [1.29, 1.82) is 0 Å². The third-order valence-electron chi connectivity index (χ3n) is 2.25. The first-order valence-electron chi connectivity index (χ1n) is 5.09. The fourth-order valence-electron chi connectivity index (χ4n) is 1.48. The van der Waals surface area contributed by atoms with Gasteiger partial charge in [-0.15, -0.1) is 5.10 Å². The van der Waals surface area contributed by atoms with Crippen molar-refractivity contribution in [3.8, 4) is 0 Å². The molecule has 0 atom stereocenters. The Bertz CT molecular complexity index is 585. The van der Waals surface area contributed by atoms with E-state index < -0.39 is 11.8 Å². The Morgan fingerprint density at radius 3 is 2.94 bits per heavy atom. The van der Waals surface area contributed by atoms with E-state index in [1.165, 1.54) is 23.0 Å². The van der Waals surface area contributed by atoms with Crippen LogP contribution < -0.4 is 0 Å². The van der Waals surface area contributed by atoms with Gasteiger partial charge in [0, 0.05) is 6.20 Å². The summed E-state index contributed by atoms with van der Waals surface area (Å²) in [6.45, 7) is 0.306. The van der Waals surface area contributed by atoms with Crippen molar-refractivity contribution in [2.75, 3.05) is 0 Å². The van der Waals surface area contributed by atoms with E-state index in [4.69, 9.17) is 16.7 Å². The number of hydrogen-bond donors (Lipinski definition) is 1. The van der Waals surface area contributed by atoms with Crippen molar-refractivity contribution in [3.05, 3.63) is 46.5 Å². The molecule has 0 radical (unpaired) electrons. The molecule has 1 aromatic carbocycles. The lowest BCUT2D eigenvalue weighted by atomic mass is 10.2. The van der Waals surface area contributed by atoms with E-state index in [9.17, 15) is 9.18 Å². The smallest absolute Gasteiger partial charge is 0.309 e. The Morgan fingerprint density at radius 2 is 2.28 bits per heavy atom. The van der Waals surface area contributed by atoms with Crippen molar-refractivity contribution < 1.29 is 14.3 Å². The zero-order chi connectivity index (χ0) is 13.1. The molecule has 0 aliphatic carbocycles. The van der Waals surface area contributed by atoms with Gasteiger partial charge in [0.1, 0.15) is 5.82 Å². The molecule has 7 heteroatoms. The molecular formula is C11H9ClFN3O2. The molecular weight excluding hydrogens is 261 g/mol. The summed E-state index contributed by atoms with van der Waals surface area (Å²) in [5, 5.41) is 16.1. The van der Waals surface area contributed by atoms with Crippen molar-refractivity contribution in [2.24, 2.45) is 0 Å². The third kappa shape index (κ3) is 3.04. The first kappa shape index (κ1) is 12.5. The Morgan fingerprint density at radius 1 is 1.50 bits per heavy atom. The molecule has 94 valence electrons. The number of rotatable bonds is 4. The standard InChI is InChI=1S/C11H9ClFN3O2/c12-9-2-1-7(3-10(9)13)5-16-6-8(14-15-16)4-11(17)18/h1-3,6H,4-5H2,(H,17,18). The molecule has 5 nitrogen and oxygen atoms in total. The summed E-state index contributed by atoms with van der Waals surface area (Å²) in [6, 6.07) is 4.44. The fourth-order valence-corrected chi connectivity index (χ4v) is 1.59. The zero-order valence-corrected chi connectivity index (χ0v) is 9.93. The highest BCUT2D eigenvalue weighted by molar-refractivity contribution is 6.30. The molecule has 0 spiro atoms. The molecule has 1 aromatic heterocycles. The van der Waals surface area contributed by atoms with E-state index in [0.29, 0.717) is 17.8 Å². The molecule has 2 rings (SSSR count). The molecule has 1 heterocycles. The maximum atomic E-state index is 13.2. The maximum Gasteiger partial charge on any atom is 0.309 e. The van der Waals surface area contributed by atoms with Crippen LogP contribution in [0.4, 0.5) is 4.39 Å². The first-order chi connectivity index (χ1) is 8.54. The highest BCUT2D eigenvalue weighted by Gasteiger charge is 2.07. The van der Waals surface area contributed by atoms with Gasteiger partial charge >= 0.3 is 5.97 Å². The number of hydrogen-bond acceptors (Lipinski definition) is 3. The number of carboxylic acids is 1. The lowest BCUT2D eigenvalue weighted by Gasteiger charge is -2.01. The molecule has 2 aromatic rings. The second kappa shape index (κ2) is 5.14. The van der Waals surface area contributed by atoms with E-state index in [1.807, 2.05) is 0 Å². The highest BCUT2D eigenvalue weighted by Crippen LogP contribution is 2.16. The average molecular weight is 270 g/mol. The Labute approximate surface area is 107 Å². The molecule has 0 aliphatic rings. The number of aromatic nitrogens is 3.